The van der Waals surface area contributed by atoms with Crippen LogP contribution >= 0.6 is 0 Å². The number of furan rings is 1. The van der Waals surface area contributed by atoms with Crippen LogP contribution in [0.3, 0.4) is 0 Å². The van der Waals surface area contributed by atoms with Crippen LogP contribution in [0.5, 0.6) is 0 Å². The van der Waals surface area contributed by atoms with Gasteiger partial charge in [-0.2, -0.15) is 0 Å². The van der Waals surface area contributed by atoms with Gasteiger partial charge in [0, 0.05) is 53.9 Å². The Balaban J connectivity index is 1.40. The van der Waals surface area contributed by atoms with Gasteiger partial charge in [-0.05, 0) is 47.2 Å². The van der Waals surface area contributed by atoms with Crippen molar-refractivity contribution in [2.45, 2.75) is 0 Å². The Bertz CT molecular complexity index is 3170. The summed E-state index contributed by atoms with van der Waals surface area (Å²) < 4.78 is 11.6. The summed E-state index contributed by atoms with van der Waals surface area (Å²) in [7, 11) is 0. The average molecular weight is 545 g/mol. The molecule has 0 spiro atoms. The maximum Gasteiger partial charge on any atom is 0.160 e. The standard InChI is InChI=1S/C40H20N2O/c1-2-9-22-21(8-1)18-30-23-10-3-5-14-32(23)41-34-20-33-29(19-31(34)36(22)38(30)41)26-13-7-12-25-27-16-17-28-24-11-4-6-15-35(24)43-40(28)39(27)42(33)37(25)26/h1-20H. The molecule has 0 aliphatic heterocycles. The number of nitrogens with zero attached hydrogens (tertiary/aromatic N) is 2. The van der Waals surface area contributed by atoms with Crippen molar-refractivity contribution in [1.82, 2.24) is 8.80 Å². The molecule has 12 rings (SSSR count). The quantitative estimate of drug-likeness (QED) is 0.186. The maximum absolute atomic E-state index is 6.63. The monoisotopic (exact) mass is 544 g/mol. The number of hydrogen-bond donors (Lipinski definition) is 0. The average Bonchev–Trinajstić information content (AvgIpc) is 3.84. The third kappa shape index (κ3) is 2.22. The van der Waals surface area contributed by atoms with Crippen LogP contribution in [0.2, 0.25) is 0 Å². The van der Waals surface area contributed by atoms with E-state index >= 15 is 0 Å². The molecular formula is C40H20N2O. The fourth-order valence-corrected chi connectivity index (χ4v) is 8.46. The van der Waals surface area contributed by atoms with Crippen LogP contribution in [-0.2, 0) is 0 Å². The summed E-state index contributed by atoms with van der Waals surface area (Å²) in [5.74, 6) is 0. The maximum atomic E-state index is 6.63. The lowest BCUT2D eigenvalue weighted by atomic mass is 9.99. The van der Waals surface area contributed by atoms with Crippen LogP contribution in [-0.4, -0.2) is 8.80 Å². The Hall–Kier alpha value is -5.80. The summed E-state index contributed by atoms with van der Waals surface area (Å²) in [6.45, 7) is 0. The van der Waals surface area contributed by atoms with E-state index in [1.54, 1.807) is 0 Å². The SMILES string of the molecule is c1ccc2c(c1)cc1c3ccccc3n3c4cc5c(cc4c2c13)c1cccc2c3ccc4c6ccccc6oc4c3n5c12. The van der Waals surface area contributed by atoms with Crippen molar-refractivity contribution in [3.05, 3.63) is 121 Å². The summed E-state index contributed by atoms with van der Waals surface area (Å²) in [5.41, 5.74) is 9.34. The molecule has 0 atom stereocenters. The Morgan fingerprint density at radius 1 is 0.372 bits per heavy atom. The number of hydrogen-bond acceptors (Lipinski definition) is 1. The normalized spacial score (nSPS) is 13.1. The Morgan fingerprint density at radius 3 is 2.00 bits per heavy atom. The molecule has 0 saturated heterocycles. The van der Waals surface area contributed by atoms with Gasteiger partial charge in [0.25, 0.3) is 0 Å². The Kier molecular flexibility index (Phi) is 3.32. The second-order valence-electron chi connectivity index (χ2n) is 12.1. The van der Waals surface area contributed by atoms with E-state index in [0.717, 1.165) is 27.5 Å². The minimum absolute atomic E-state index is 0.930. The highest BCUT2D eigenvalue weighted by atomic mass is 16.3. The highest BCUT2D eigenvalue weighted by molar-refractivity contribution is 6.34. The highest BCUT2D eigenvalue weighted by Crippen LogP contribution is 2.47. The van der Waals surface area contributed by atoms with Crippen LogP contribution in [0.1, 0.15) is 0 Å². The first-order chi connectivity index (χ1) is 21.3. The minimum atomic E-state index is 0.930. The van der Waals surface area contributed by atoms with Crippen molar-refractivity contribution in [2.24, 2.45) is 0 Å². The summed E-state index contributed by atoms with van der Waals surface area (Å²) in [5, 5.41) is 15.3. The first kappa shape index (κ1) is 21.0. The van der Waals surface area contributed by atoms with E-state index in [1.807, 2.05) is 0 Å². The number of aromatic nitrogens is 2. The predicted molar refractivity (Wildman–Crippen MR) is 181 cm³/mol. The zero-order valence-electron chi connectivity index (χ0n) is 22.8. The lowest BCUT2D eigenvalue weighted by Gasteiger charge is -2.03. The molecule has 7 aromatic carbocycles. The van der Waals surface area contributed by atoms with E-state index in [-0.39, 0.29) is 0 Å². The van der Waals surface area contributed by atoms with E-state index in [9.17, 15) is 0 Å². The van der Waals surface area contributed by atoms with Crippen LogP contribution < -0.4 is 0 Å². The molecule has 43 heavy (non-hydrogen) atoms. The Morgan fingerprint density at radius 2 is 1.07 bits per heavy atom. The van der Waals surface area contributed by atoms with Crippen molar-refractivity contribution in [1.29, 1.82) is 0 Å². The largest absolute Gasteiger partial charge is 0.454 e. The van der Waals surface area contributed by atoms with Gasteiger partial charge in [0.05, 0.1) is 33.1 Å². The lowest BCUT2D eigenvalue weighted by Crippen LogP contribution is -1.84. The molecule has 0 saturated carbocycles. The van der Waals surface area contributed by atoms with E-state index in [0.29, 0.717) is 0 Å². The number of benzene rings is 7. The van der Waals surface area contributed by atoms with E-state index < -0.39 is 0 Å². The topological polar surface area (TPSA) is 22.0 Å². The molecule has 0 aliphatic carbocycles. The molecule has 196 valence electrons. The second-order valence-corrected chi connectivity index (χ2v) is 12.1. The van der Waals surface area contributed by atoms with Gasteiger partial charge < -0.3 is 13.2 Å². The van der Waals surface area contributed by atoms with E-state index in [1.165, 1.54) is 81.4 Å². The summed E-state index contributed by atoms with van der Waals surface area (Å²) in [6, 6.07) is 44.6. The van der Waals surface area contributed by atoms with Crippen LogP contribution in [0, 0.1) is 0 Å². The molecule has 12 aromatic rings. The first-order valence-electron chi connectivity index (χ1n) is 14.9. The van der Waals surface area contributed by atoms with E-state index in [4.69, 9.17) is 4.42 Å². The molecular weight excluding hydrogens is 524 g/mol. The van der Waals surface area contributed by atoms with Gasteiger partial charge in [0.2, 0.25) is 0 Å². The molecule has 5 aromatic heterocycles. The fraction of sp³-hybridized carbons (Fsp3) is 0. The zero-order valence-corrected chi connectivity index (χ0v) is 22.8. The number of rotatable bonds is 0. The van der Waals surface area contributed by atoms with Crippen molar-refractivity contribution in [3.63, 3.8) is 0 Å². The molecule has 5 heterocycles. The van der Waals surface area contributed by atoms with Gasteiger partial charge in [0.1, 0.15) is 5.58 Å². The van der Waals surface area contributed by atoms with Crippen LogP contribution in [0.4, 0.5) is 0 Å². The summed E-state index contributed by atoms with van der Waals surface area (Å²) in [4.78, 5) is 0. The second kappa shape index (κ2) is 6.80. The van der Waals surface area contributed by atoms with E-state index in [2.05, 4.69) is 130 Å². The molecule has 0 bridgehead atoms. The molecule has 3 heteroatoms. The van der Waals surface area contributed by atoms with Crippen LogP contribution in [0.25, 0.3) is 109 Å². The molecule has 3 nitrogen and oxygen atoms in total. The van der Waals surface area contributed by atoms with Crippen LogP contribution in [0.15, 0.2) is 126 Å². The molecule has 0 aliphatic rings. The smallest absolute Gasteiger partial charge is 0.160 e. The first-order valence-corrected chi connectivity index (χ1v) is 14.9. The van der Waals surface area contributed by atoms with Crippen molar-refractivity contribution in [2.75, 3.05) is 0 Å². The Labute approximate surface area is 243 Å². The van der Waals surface area contributed by atoms with Gasteiger partial charge >= 0.3 is 0 Å². The third-order valence-corrected chi connectivity index (χ3v) is 10.1. The molecule has 0 unspecified atom stereocenters. The third-order valence-electron chi connectivity index (χ3n) is 10.1. The lowest BCUT2D eigenvalue weighted by molar-refractivity contribution is 0.671. The number of para-hydroxylation sites is 3. The minimum Gasteiger partial charge on any atom is -0.454 e. The highest BCUT2D eigenvalue weighted by Gasteiger charge is 2.25. The van der Waals surface area contributed by atoms with Gasteiger partial charge in [0.15, 0.2) is 5.58 Å². The molecule has 0 fully saturated rings. The predicted octanol–water partition coefficient (Wildman–Crippen LogP) is 11.0. The van der Waals surface area contributed by atoms with Gasteiger partial charge in [-0.25, -0.2) is 0 Å². The molecule has 0 radical (unpaired) electrons. The molecule has 0 amide bonds. The van der Waals surface area contributed by atoms with Crippen molar-refractivity contribution in [3.8, 4) is 0 Å². The summed E-state index contributed by atoms with van der Waals surface area (Å²) in [6.07, 6.45) is 0. The summed E-state index contributed by atoms with van der Waals surface area (Å²) >= 11 is 0. The van der Waals surface area contributed by atoms with Gasteiger partial charge in [-0.3, -0.25) is 0 Å². The molecule has 0 N–H and O–H groups in total. The van der Waals surface area contributed by atoms with Crippen molar-refractivity contribution < 1.29 is 4.42 Å². The fourth-order valence-electron chi connectivity index (χ4n) is 8.46. The van der Waals surface area contributed by atoms with Crippen molar-refractivity contribution >= 4 is 109 Å². The van der Waals surface area contributed by atoms with Gasteiger partial charge in [-0.15, -0.1) is 0 Å². The number of fused-ring (bicyclic) bond motifs is 18. The van der Waals surface area contributed by atoms with Gasteiger partial charge in [-0.1, -0.05) is 84.9 Å². The zero-order chi connectivity index (χ0) is 27.6.